The quantitative estimate of drug-likeness (QED) is 0.641. The molecule has 0 saturated carbocycles. The first-order valence-corrected chi connectivity index (χ1v) is 7.98. The Balaban J connectivity index is 1.54. The Morgan fingerprint density at radius 1 is 1.18 bits per heavy atom. The van der Waals surface area contributed by atoms with E-state index in [0.717, 1.165) is 4.88 Å². The minimum absolute atomic E-state index is 0.0586. The largest absolute Gasteiger partial charge is 0.418 e. The van der Waals surface area contributed by atoms with Crippen LogP contribution in [0.2, 0.25) is 0 Å². The van der Waals surface area contributed by atoms with Gasteiger partial charge in [-0.1, -0.05) is 18.2 Å². The molecular formula is C15H13N3O3S. The molecule has 0 unspecified atom stereocenters. The summed E-state index contributed by atoms with van der Waals surface area (Å²) in [4.78, 5) is 26.9. The molecule has 1 saturated heterocycles. The molecule has 4 rings (SSSR count). The average Bonchev–Trinajstić information content (AvgIpc) is 3.25. The van der Waals surface area contributed by atoms with Crippen LogP contribution in [0.1, 0.15) is 18.7 Å². The summed E-state index contributed by atoms with van der Waals surface area (Å²) in [5.74, 6) is -0.000271. The first-order valence-electron chi connectivity index (χ1n) is 7.10. The molecule has 7 heteroatoms. The van der Waals surface area contributed by atoms with Crippen molar-refractivity contribution in [1.29, 1.82) is 0 Å². The van der Waals surface area contributed by atoms with E-state index in [2.05, 4.69) is 10.2 Å². The minimum Gasteiger partial charge on any atom is -0.418 e. The normalized spacial score (nSPS) is 24.1. The monoisotopic (exact) mass is 315 g/mol. The summed E-state index contributed by atoms with van der Waals surface area (Å²) in [7, 11) is 0. The van der Waals surface area contributed by atoms with Crippen LogP contribution >= 0.6 is 11.3 Å². The van der Waals surface area contributed by atoms with E-state index >= 15 is 0 Å². The van der Waals surface area contributed by atoms with Crippen molar-refractivity contribution in [2.75, 3.05) is 0 Å². The van der Waals surface area contributed by atoms with Crippen molar-refractivity contribution in [2.24, 2.45) is 11.8 Å². The number of hydrogen-bond donors (Lipinski definition) is 0. The number of imide groups is 1. The van der Waals surface area contributed by atoms with Crippen LogP contribution in [0.3, 0.4) is 0 Å². The number of fused-ring (bicyclic) bond motifs is 1. The summed E-state index contributed by atoms with van der Waals surface area (Å²) in [5, 5.41) is 9.84. The van der Waals surface area contributed by atoms with Gasteiger partial charge in [-0.2, -0.15) is 0 Å². The van der Waals surface area contributed by atoms with E-state index in [0.29, 0.717) is 18.7 Å². The Morgan fingerprint density at radius 2 is 1.91 bits per heavy atom. The molecule has 0 bridgehead atoms. The average molecular weight is 315 g/mol. The van der Waals surface area contributed by atoms with Crippen molar-refractivity contribution in [3.63, 3.8) is 0 Å². The molecule has 1 aliphatic carbocycles. The van der Waals surface area contributed by atoms with Crippen LogP contribution in [0.4, 0.5) is 0 Å². The van der Waals surface area contributed by atoms with Gasteiger partial charge in [-0.3, -0.25) is 14.5 Å². The molecule has 0 radical (unpaired) electrons. The standard InChI is InChI=1S/C15H13N3O3S/c19-14-9-4-1-2-5-10(9)15(20)18(14)8-12-16-17-13(21-12)11-6-3-7-22-11/h1-3,6-7,9-10H,4-5,8H2/t9-,10-/m1/s1. The highest BCUT2D eigenvalue weighted by atomic mass is 32.1. The second kappa shape index (κ2) is 5.17. The predicted molar refractivity (Wildman–Crippen MR) is 78.5 cm³/mol. The van der Waals surface area contributed by atoms with Gasteiger partial charge in [0.2, 0.25) is 17.7 Å². The van der Waals surface area contributed by atoms with Crippen LogP contribution in [0.5, 0.6) is 0 Å². The number of hydrogen-bond acceptors (Lipinski definition) is 6. The number of likely N-dealkylation sites (tertiary alicyclic amines) is 1. The second-order valence-electron chi connectivity index (χ2n) is 5.40. The van der Waals surface area contributed by atoms with Gasteiger partial charge in [0, 0.05) is 0 Å². The summed E-state index contributed by atoms with van der Waals surface area (Å²) in [6.45, 7) is 0.0586. The topological polar surface area (TPSA) is 76.3 Å². The van der Waals surface area contributed by atoms with Crippen LogP contribution in [-0.2, 0) is 16.1 Å². The lowest BCUT2D eigenvalue weighted by Crippen LogP contribution is -2.30. The van der Waals surface area contributed by atoms with Gasteiger partial charge >= 0.3 is 0 Å². The van der Waals surface area contributed by atoms with Gasteiger partial charge < -0.3 is 4.42 Å². The Labute approximate surface area is 130 Å². The Kier molecular flexibility index (Phi) is 3.15. The third-order valence-corrected chi connectivity index (χ3v) is 4.95. The Bertz CT molecular complexity index is 724. The van der Waals surface area contributed by atoms with Crippen LogP contribution < -0.4 is 0 Å². The summed E-state index contributed by atoms with van der Waals surface area (Å²) < 4.78 is 5.57. The number of amides is 2. The highest BCUT2D eigenvalue weighted by Gasteiger charge is 2.47. The van der Waals surface area contributed by atoms with Gasteiger partial charge in [-0.05, 0) is 24.3 Å². The molecule has 2 aliphatic rings. The number of allylic oxidation sites excluding steroid dienone is 2. The lowest BCUT2D eigenvalue weighted by molar-refractivity contribution is -0.140. The zero-order valence-electron chi connectivity index (χ0n) is 11.6. The number of aromatic nitrogens is 2. The minimum atomic E-state index is -0.225. The van der Waals surface area contributed by atoms with Crippen molar-refractivity contribution in [2.45, 2.75) is 19.4 Å². The molecule has 3 heterocycles. The van der Waals surface area contributed by atoms with E-state index in [1.165, 1.54) is 16.2 Å². The van der Waals surface area contributed by atoms with Crippen molar-refractivity contribution in [3.8, 4) is 10.8 Å². The highest BCUT2D eigenvalue weighted by molar-refractivity contribution is 7.13. The van der Waals surface area contributed by atoms with Gasteiger partial charge in [0.1, 0.15) is 6.54 Å². The van der Waals surface area contributed by atoms with Crippen molar-refractivity contribution >= 4 is 23.2 Å². The number of thiophene rings is 1. The highest BCUT2D eigenvalue weighted by Crippen LogP contribution is 2.35. The van der Waals surface area contributed by atoms with Crippen molar-refractivity contribution < 1.29 is 14.0 Å². The van der Waals surface area contributed by atoms with Gasteiger partial charge in [-0.15, -0.1) is 21.5 Å². The molecule has 0 spiro atoms. The molecule has 2 amide bonds. The lowest BCUT2D eigenvalue weighted by Gasteiger charge is -2.14. The van der Waals surface area contributed by atoms with Gasteiger partial charge in [0.25, 0.3) is 5.89 Å². The first-order chi connectivity index (χ1) is 10.7. The third kappa shape index (κ3) is 2.09. The Morgan fingerprint density at radius 3 is 2.55 bits per heavy atom. The fraction of sp³-hybridized carbons (Fsp3) is 0.333. The van der Waals surface area contributed by atoms with E-state index in [1.54, 1.807) is 0 Å². The maximum Gasteiger partial charge on any atom is 0.257 e. The lowest BCUT2D eigenvalue weighted by atomic mass is 9.85. The van der Waals surface area contributed by atoms with Crippen LogP contribution in [0.15, 0.2) is 34.1 Å². The number of rotatable bonds is 3. The summed E-state index contributed by atoms with van der Waals surface area (Å²) >= 11 is 1.50. The van der Waals surface area contributed by atoms with Crippen LogP contribution in [0, 0.1) is 11.8 Å². The summed E-state index contributed by atoms with van der Waals surface area (Å²) in [6.07, 6.45) is 5.21. The molecule has 1 aliphatic heterocycles. The Hall–Kier alpha value is -2.28. The van der Waals surface area contributed by atoms with E-state index in [-0.39, 0.29) is 36.1 Å². The van der Waals surface area contributed by atoms with Crippen molar-refractivity contribution in [1.82, 2.24) is 15.1 Å². The fourth-order valence-corrected chi connectivity index (χ4v) is 3.62. The molecule has 2 aromatic rings. The van der Waals surface area contributed by atoms with E-state index in [1.807, 2.05) is 29.7 Å². The van der Waals surface area contributed by atoms with Crippen LogP contribution in [-0.4, -0.2) is 26.9 Å². The maximum absolute atomic E-state index is 12.4. The summed E-state index contributed by atoms with van der Waals surface area (Å²) in [6, 6.07) is 3.78. The number of nitrogens with zero attached hydrogens (tertiary/aromatic N) is 3. The SMILES string of the molecule is O=C1[C@@H]2CC=CC[C@H]2C(=O)N1Cc1nnc(-c2cccs2)o1. The molecule has 112 valence electrons. The zero-order valence-corrected chi connectivity index (χ0v) is 12.5. The maximum atomic E-state index is 12.4. The van der Waals surface area contributed by atoms with Gasteiger partial charge in [0.15, 0.2) is 0 Å². The predicted octanol–water partition coefficient (Wildman–Crippen LogP) is 2.25. The van der Waals surface area contributed by atoms with E-state index < -0.39 is 0 Å². The molecule has 0 N–H and O–H groups in total. The summed E-state index contributed by atoms with van der Waals surface area (Å²) in [5.41, 5.74) is 0. The fourth-order valence-electron chi connectivity index (χ4n) is 2.98. The van der Waals surface area contributed by atoms with Crippen LogP contribution in [0.25, 0.3) is 10.8 Å². The second-order valence-corrected chi connectivity index (χ2v) is 6.34. The smallest absolute Gasteiger partial charge is 0.257 e. The molecular weight excluding hydrogens is 302 g/mol. The zero-order chi connectivity index (χ0) is 15.1. The molecule has 2 atom stereocenters. The molecule has 0 aromatic carbocycles. The van der Waals surface area contributed by atoms with E-state index in [9.17, 15) is 9.59 Å². The molecule has 2 aromatic heterocycles. The van der Waals surface area contributed by atoms with Gasteiger partial charge in [0.05, 0.1) is 16.7 Å². The number of carbonyl (C=O) groups excluding carboxylic acids is 2. The first kappa shape index (κ1) is 13.4. The number of carbonyl (C=O) groups is 2. The molecule has 1 fully saturated rings. The third-order valence-electron chi connectivity index (χ3n) is 4.09. The molecule has 6 nitrogen and oxygen atoms in total. The van der Waals surface area contributed by atoms with Crippen molar-refractivity contribution in [3.05, 3.63) is 35.6 Å². The molecule has 22 heavy (non-hydrogen) atoms. The van der Waals surface area contributed by atoms with E-state index in [4.69, 9.17) is 4.42 Å². The van der Waals surface area contributed by atoms with Gasteiger partial charge in [-0.25, -0.2) is 0 Å².